The Hall–Kier alpha value is -1.56. The number of benzene rings is 1. The number of hydrogen-bond donors (Lipinski definition) is 2. The summed E-state index contributed by atoms with van der Waals surface area (Å²) in [5.41, 5.74) is -0.514. The lowest BCUT2D eigenvalue weighted by atomic mass is 9.87. The molecule has 0 spiro atoms. The first-order valence-corrected chi connectivity index (χ1v) is 6.58. The lowest BCUT2D eigenvalue weighted by Gasteiger charge is -2.25. The van der Waals surface area contributed by atoms with Gasteiger partial charge in [-0.15, -0.1) is 0 Å². The van der Waals surface area contributed by atoms with Crippen LogP contribution in [0.4, 0.5) is 13.2 Å². The van der Waals surface area contributed by atoms with E-state index in [0.717, 1.165) is 31.4 Å². The molecule has 110 valence electrons. The van der Waals surface area contributed by atoms with Gasteiger partial charge in [-0.1, -0.05) is 6.42 Å². The summed E-state index contributed by atoms with van der Waals surface area (Å²) in [6.07, 6.45) is 2.72. The number of aliphatic hydroxyl groups excluding tert-OH is 1. The molecular formula is C14H16F3NO2. The largest absolute Gasteiger partial charge is 0.393 e. The second kappa shape index (κ2) is 6.26. The van der Waals surface area contributed by atoms with Crippen molar-refractivity contribution in [3.8, 4) is 0 Å². The van der Waals surface area contributed by atoms with Crippen molar-refractivity contribution in [3.63, 3.8) is 0 Å². The van der Waals surface area contributed by atoms with E-state index in [9.17, 15) is 23.1 Å². The maximum atomic E-state index is 13.4. The fourth-order valence-corrected chi connectivity index (χ4v) is 2.48. The predicted molar refractivity (Wildman–Crippen MR) is 66.6 cm³/mol. The topological polar surface area (TPSA) is 49.3 Å². The highest BCUT2D eigenvalue weighted by Crippen LogP contribution is 2.23. The van der Waals surface area contributed by atoms with Gasteiger partial charge in [-0.2, -0.15) is 0 Å². The zero-order valence-electron chi connectivity index (χ0n) is 10.8. The van der Waals surface area contributed by atoms with Crippen molar-refractivity contribution in [1.29, 1.82) is 0 Å². The molecule has 0 heterocycles. The fraction of sp³-hybridized carbons (Fsp3) is 0.500. The lowest BCUT2D eigenvalue weighted by molar-refractivity contribution is 0.0870. The Morgan fingerprint density at radius 2 is 2.00 bits per heavy atom. The first-order valence-electron chi connectivity index (χ1n) is 6.58. The van der Waals surface area contributed by atoms with Gasteiger partial charge >= 0.3 is 0 Å². The SMILES string of the molecule is O=C(NCC1CCCC(O)C1)c1ccc(F)c(F)c1F. The van der Waals surface area contributed by atoms with E-state index in [4.69, 9.17) is 0 Å². The van der Waals surface area contributed by atoms with Gasteiger partial charge in [-0.25, -0.2) is 13.2 Å². The van der Waals surface area contributed by atoms with Crippen LogP contribution in [-0.4, -0.2) is 23.7 Å². The van der Waals surface area contributed by atoms with Crippen LogP contribution in [-0.2, 0) is 0 Å². The van der Waals surface area contributed by atoms with E-state index in [1.807, 2.05) is 0 Å². The van der Waals surface area contributed by atoms with Crippen molar-refractivity contribution in [3.05, 3.63) is 35.1 Å². The maximum absolute atomic E-state index is 13.4. The van der Waals surface area contributed by atoms with Crippen LogP contribution in [0.5, 0.6) is 0 Å². The lowest BCUT2D eigenvalue weighted by Crippen LogP contribution is -2.33. The summed E-state index contributed by atoms with van der Waals surface area (Å²) in [7, 11) is 0. The highest BCUT2D eigenvalue weighted by molar-refractivity contribution is 5.94. The van der Waals surface area contributed by atoms with Crippen LogP contribution in [0.25, 0.3) is 0 Å². The summed E-state index contributed by atoms with van der Waals surface area (Å²) < 4.78 is 39.2. The second-order valence-corrected chi connectivity index (χ2v) is 5.12. The summed E-state index contributed by atoms with van der Waals surface area (Å²) in [5.74, 6) is -5.11. The van der Waals surface area contributed by atoms with Crippen molar-refractivity contribution >= 4 is 5.91 Å². The molecule has 6 heteroatoms. The van der Waals surface area contributed by atoms with Crippen molar-refractivity contribution in [2.75, 3.05) is 6.54 Å². The molecule has 1 amide bonds. The van der Waals surface area contributed by atoms with Gasteiger partial charge in [0.05, 0.1) is 11.7 Å². The molecule has 3 nitrogen and oxygen atoms in total. The van der Waals surface area contributed by atoms with Crippen molar-refractivity contribution in [1.82, 2.24) is 5.32 Å². The van der Waals surface area contributed by atoms with Crippen molar-refractivity contribution in [2.24, 2.45) is 5.92 Å². The van der Waals surface area contributed by atoms with Crippen LogP contribution in [0, 0.1) is 23.4 Å². The van der Waals surface area contributed by atoms with Gasteiger partial charge in [-0.05, 0) is 37.3 Å². The molecule has 1 aromatic carbocycles. The molecular weight excluding hydrogens is 271 g/mol. The zero-order chi connectivity index (χ0) is 14.7. The van der Waals surface area contributed by atoms with E-state index in [0.29, 0.717) is 6.42 Å². The highest BCUT2D eigenvalue weighted by atomic mass is 19.2. The minimum atomic E-state index is -1.65. The summed E-state index contributed by atoms with van der Waals surface area (Å²) in [5, 5.41) is 12.0. The van der Waals surface area contributed by atoms with Crippen molar-refractivity contribution in [2.45, 2.75) is 31.8 Å². The summed E-state index contributed by atoms with van der Waals surface area (Å²) in [6.45, 7) is 0.286. The minimum Gasteiger partial charge on any atom is -0.393 e. The average molecular weight is 287 g/mol. The number of carbonyl (C=O) groups is 1. The summed E-state index contributed by atoms with van der Waals surface area (Å²) in [4.78, 5) is 11.8. The number of nitrogens with one attached hydrogen (secondary N) is 1. The zero-order valence-corrected chi connectivity index (χ0v) is 10.8. The monoisotopic (exact) mass is 287 g/mol. The van der Waals surface area contributed by atoms with Crippen LogP contribution < -0.4 is 5.32 Å². The quantitative estimate of drug-likeness (QED) is 0.839. The first kappa shape index (κ1) is 14.8. The Balaban J connectivity index is 1.97. The molecule has 2 N–H and O–H groups in total. The van der Waals surface area contributed by atoms with Gasteiger partial charge in [-0.3, -0.25) is 4.79 Å². The Morgan fingerprint density at radius 3 is 2.70 bits per heavy atom. The molecule has 0 aromatic heterocycles. The number of amides is 1. The first-order chi connectivity index (χ1) is 9.49. The fourth-order valence-electron chi connectivity index (χ4n) is 2.48. The van der Waals surface area contributed by atoms with Crippen LogP contribution in [0.3, 0.4) is 0 Å². The normalized spacial score (nSPS) is 22.6. The van der Waals surface area contributed by atoms with Gasteiger partial charge in [0.2, 0.25) is 0 Å². The molecule has 0 radical (unpaired) electrons. The van der Waals surface area contributed by atoms with Crippen LogP contribution in [0.15, 0.2) is 12.1 Å². The molecule has 2 atom stereocenters. The molecule has 1 fully saturated rings. The van der Waals surface area contributed by atoms with Gasteiger partial charge < -0.3 is 10.4 Å². The van der Waals surface area contributed by atoms with Crippen LogP contribution >= 0.6 is 0 Å². The molecule has 0 saturated heterocycles. The van der Waals surface area contributed by atoms with E-state index in [1.54, 1.807) is 0 Å². The minimum absolute atomic E-state index is 0.121. The average Bonchev–Trinajstić information content (AvgIpc) is 2.42. The van der Waals surface area contributed by atoms with E-state index in [-0.39, 0.29) is 18.6 Å². The maximum Gasteiger partial charge on any atom is 0.254 e. The third-order valence-corrected chi connectivity index (χ3v) is 3.59. The van der Waals surface area contributed by atoms with E-state index >= 15 is 0 Å². The summed E-state index contributed by atoms with van der Waals surface area (Å²) >= 11 is 0. The van der Waals surface area contributed by atoms with Crippen LogP contribution in [0.2, 0.25) is 0 Å². The number of halogens is 3. The van der Waals surface area contributed by atoms with Gasteiger partial charge in [0.1, 0.15) is 0 Å². The third-order valence-electron chi connectivity index (χ3n) is 3.59. The van der Waals surface area contributed by atoms with E-state index in [2.05, 4.69) is 5.32 Å². The Morgan fingerprint density at radius 1 is 1.25 bits per heavy atom. The number of carbonyl (C=O) groups excluding carboxylic acids is 1. The third kappa shape index (κ3) is 3.30. The van der Waals surface area contributed by atoms with Crippen LogP contribution in [0.1, 0.15) is 36.0 Å². The molecule has 2 rings (SSSR count). The molecule has 1 aliphatic rings. The van der Waals surface area contributed by atoms with E-state index < -0.39 is 28.9 Å². The molecule has 20 heavy (non-hydrogen) atoms. The Bertz CT molecular complexity index is 507. The number of aliphatic hydroxyl groups is 1. The van der Waals surface area contributed by atoms with Gasteiger partial charge in [0.25, 0.3) is 5.91 Å². The van der Waals surface area contributed by atoms with Gasteiger partial charge in [0.15, 0.2) is 17.5 Å². The molecule has 2 unspecified atom stereocenters. The smallest absolute Gasteiger partial charge is 0.254 e. The Labute approximate surface area is 114 Å². The van der Waals surface area contributed by atoms with Crippen molar-refractivity contribution < 1.29 is 23.1 Å². The molecule has 0 bridgehead atoms. The molecule has 1 saturated carbocycles. The molecule has 1 aliphatic carbocycles. The summed E-state index contributed by atoms with van der Waals surface area (Å²) in [6, 6.07) is 1.64. The second-order valence-electron chi connectivity index (χ2n) is 5.12. The Kier molecular flexibility index (Phi) is 4.65. The predicted octanol–water partition coefficient (Wildman–Crippen LogP) is 2.38. The molecule has 0 aliphatic heterocycles. The number of hydrogen-bond acceptors (Lipinski definition) is 2. The molecule has 1 aromatic rings. The highest BCUT2D eigenvalue weighted by Gasteiger charge is 2.22. The number of rotatable bonds is 3. The van der Waals surface area contributed by atoms with Gasteiger partial charge in [0, 0.05) is 6.54 Å². The van der Waals surface area contributed by atoms with E-state index in [1.165, 1.54) is 0 Å². The standard InChI is InChI=1S/C14H16F3NO2/c15-11-5-4-10(12(16)13(11)17)14(20)18-7-8-2-1-3-9(19)6-8/h4-5,8-9,19H,1-3,6-7H2,(H,18,20).